The van der Waals surface area contributed by atoms with E-state index in [0.717, 1.165) is 18.5 Å². The van der Waals surface area contributed by atoms with Crippen molar-refractivity contribution in [2.75, 3.05) is 11.4 Å². The lowest BCUT2D eigenvalue weighted by Gasteiger charge is -2.27. The van der Waals surface area contributed by atoms with Crippen LogP contribution in [-0.2, 0) is 6.42 Å². The molecule has 5 heteroatoms. The highest BCUT2D eigenvalue weighted by molar-refractivity contribution is 5.85. The minimum absolute atomic E-state index is 0.214. The number of hydrogen-bond donors (Lipinski definition) is 2. The van der Waals surface area contributed by atoms with Crippen LogP contribution in [0.25, 0.3) is 0 Å². The molecule has 1 aliphatic carbocycles. The van der Waals surface area contributed by atoms with Crippen molar-refractivity contribution in [1.29, 1.82) is 0 Å². The van der Waals surface area contributed by atoms with Gasteiger partial charge in [0.25, 0.3) is 5.56 Å². The van der Waals surface area contributed by atoms with E-state index in [0.29, 0.717) is 36.6 Å². The number of carbonyl (C=O) groups excluding carboxylic acids is 1. The van der Waals surface area contributed by atoms with E-state index in [9.17, 15) is 14.7 Å². The fraction of sp³-hybridized carbons (Fsp3) is 0.333. The Bertz CT molecular complexity index is 764. The molecule has 0 spiro atoms. The Balaban J connectivity index is 2.17. The Morgan fingerprint density at radius 1 is 1.30 bits per heavy atom. The third-order valence-corrected chi connectivity index (χ3v) is 4.24. The van der Waals surface area contributed by atoms with E-state index >= 15 is 0 Å². The summed E-state index contributed by atoms with van der Waals surface area (Å²) in [7, 11) is 0. The first-order valence-electron chi connectivity index (χ1n) is 7.91. The maximum Gasteiger partial charge on any atom is 0.262 e. The van der Waals surface area contributed by atoms with E-state index < -0.39 is 5.56 Å². The van der Waals surface area contributed by atoms with Gasteiger partial charge in [0.15, 0.2) is 12.0 Å². The quantitative estimate of drug-likeness (QED) is 0.804. The minimum Gasteiger partial charge on any atom is -0.505 e. The van der Waals surface area contributed by atoms with Gasteiger partial charge < -0.3 is 15.0 Å². The normalized spacial score (nSPS) is 13.8. The van der Waals surface area contributed by atoms with E-state index in [1.165, 1.54) is 0 Å². The molecule has 5 nitrogen and oxygen atoms in total. The molecule has 2 aromatic rings. The summed E-state index contributed by atoms with van der Waals surface area (Å²) in [4.78, 5) is 28.0. The van der Waals surface area contributed by atoms with Gasteiger partial charge in [-0.25, -0.2) is 0 Å². The molecule has 0 radical (unpaired) electrons. The van der Waals surface area contributed by atoms with Crippen molar-refractivity contribution in [3.63, 3.8) is 0 Å². The second kappa shape index (κ2) is 6.28. The molecule has 0 unspecified atom stereocenters. The number of carbonyl (C=O) groups is 1. The first-order chi connectivity index (χ1) is 11.2. The van der Waals surface area contributed by atoms with Gasteiger partial charge >= 0.3 is 0 Å². The number of benzene rings is 1. The maximum atomic E-state index is 12.0. The van der Waals surface area contributed by atoms with Crippen LogP contribution in [0.3, 0.4) is 0 Å². The van der Waals surface area contributed by atoms with Gasteiger partial charge in [-0.2, -0.15) is 0 Å². The zero-order valence-corrected chi connectivity index (χ0v) is 13.1. The standard InChI is InChI=1S/C18H20N2O3/c1-2-20(13-6-4-3-5-7-13)16-15(10-12-8-9-12)19-18(23)14(11-21)17(16)22/h3-7,11-12H,2,8-10H2,1H3,(H2,19,22,23). The molecule has 3 rings (SSSR count). The Morgan fingerprint density at radius 2 is 2.00 bits per heavy atom. The van der Waals surface area contributed by atoms with Gasteiger partial charge in [-0.1, -0.05) is 18.2 Å². The molecule has 1 saturated carbocycles. The first-order valence-corrected chi connectivity index (χ1v) is 7.91. The number of aromatic nitrogens is 1. The number of pyridine rings is 1. The molecule has 23 heavy (non-hydrogen) atoms. The van der Waals surface area contributed by atoms with Crippen LogP contribution in [-0.4, -0.2) is 22.9 Å². The third-order valence-electron chi connectivity index (χ3n) is 4.24. The number of nitrogens with zero attached hydrogens (tertiary/aromatic N) is 1. The van der Waals surface area contributed by atoms with Crippen LogP contribution in [0.4, 0.5) is 11.4 Å². The topological polar surface area (TPSA) is 73.4 Å². The predicted octanol–water partition coefficient (Wildman–Crippen LogP) is 3.00. The van der Waals surface area contributed by atoms with Crippen molar-refractivity contribution in [3.8, 4) is 5.75 Å². The summed E-state index contributed by atoms with van der Waals surface area (Å²) >= 11 is 0. The Morgan fingerprint density at radius 3 is 2.57 bits per heavy atom. The molecule has 0 aliphatic heterocycles. The van der Waals surface area contributed by atoms with Crippen molar-refractivity contribution in [3.05, 3.63) is 51.9 Å². The molecular formula is C18H20N2O3. The number of anilines is 2. The zero-order chi connectivity index (χ0) is 16.4. The molecule has 1 heterocycles. The lowest BCUT2D eigenvalue weighted by atomic mass is 10.1. The van der Waals surface area contributed by atoms with Crippen molar-refractivity contribution in [2.24, 2.45) is 5.92 Å². The maximum absolute atomic E-state index is 12.0. The van der Waals surface area contributed by atoms with Crippen molar-refractivity contribution >= 4 is 17.7 Å². The largest absolute Gasteiger partial charge is 0.505 e. The van der Waals surface area contributed by atoms with Gasteiger partial charge in [0.05, 0.1) is 0 Å². The summed E-state index contributed by atoms with van der Waals surface area (Å²) in [6.45, 7) is 2.58. The number of para-hydroxylation sites is 1. The van der Waals surface area contributed by atoms with E-state index in [2.05, 4.69) is 4.98 Å². The van der Waals surface area contributed by atoms with Crippen LogP contribution in [0.15, 0.2) is 35.1 Å². The van der Waals surface area contributed by atoms with Crippen LogP contribution in [0.1, 0.15) is 35.8 Å². The van der Waals surface area contributed by atoms with E-state index in [-0.39, 0.29) is 11.3 Å². The summed E-state index contributed by atoms with van der Waals surface area (Å²) in [6, 6.07) is 9.64. The average Bonchev–Trinajstić information content (AvgIpc) is 3.36. The number of H-pyrrole nitrogens is 1. The van der Waals surface area contributed by atoms with Crippen LogP contribution in [0.5, 0.6) is 5.75 Å². The van der Waals surface area contributed by atoms with Gasteiger partial charge in [-0.3, -0.25) is 9.59 Å². The molecule has 120 valence electrons. The van der Waals surface area contributed by atoms with Crippen molar-refractivity contribution in [2.45, 2.75) is 26.2 Å². The van der Waals surface area contributed by atoms with Crippen LogP contribution >= 0.6 is 0 Å². The minimum atomic E-state index is -0.527. The van der Waals surface area contributed by atoms with E-state index in [1.54, 1.807) is 0 Å². The van der Waals surface area contributed by atoms with Gasteiger partial charge in [-0.15, -0.1) is 0 Å². The van der Waals surface area contributed by atoms with Gasteiger partial charge in [0.2, 0.25) is 0 Å². The zero-order valence-electron chi connectivity index (χ0n) is 13.1. The molecule has 2 N–H and O–H groups in total. The third kappa shape index (κ3) is 2.99. The lowest BCUT2D eigenvalue weighted by Crippen LogP contribution is -2.24. The smallest absolute Gasteiger partial charge is 0.262 e. The second-order valence-electron chi connectivity index (χ2n) is 5.89. The highest BCUT2D eigenvalue weighted by Crippen LogP contribution is 2.40. The fourth-order valence-corrected chi connectivity index (χ4v) is 2.88. The van der Waals surface area contributed by atoms with Crippen LogP contribution < -0.4 is 10.5 Å². The van der Waals surface area contributed by atoms with Gasteiger partial charge in [0, 0.05) is 17.9 Å². The Kier molecular flexibility index (Phi) is 4.19. The number of aromatic amines is 1. The van der Waals surface area contributed by atoms with Gasteiger partial charge in [0.1, 0.15) is 11.3 Å². The first kappa shape index (κ1) is 15.3. The Hall–Kier alpha value is -2.56. The van der Waals surface area contributed by atoms with Crippen LogP contribution in [0, 0.1) is 5.92 Å². The summed E-state index contributed by atoms with van der Waals surface area (Å²) < 4.78 is 0. The molecular weight excluding hydrogens is 292 g/mol. The molecule has 0 atom stereocenters. The second-order valence-corrected chi connectivity index (χ2v) is 5.89. The van der Waals surface area contributed by atoms with E-state index in [4.69, 9.17) is 0 Å². The lowest BCUT2D eigenvalue weighted by molar-refractivity contribution is 0.111. The molecule has 1 fully saturated rings. The monoisotopic (exact) mass is 312 g/mol. The summed E-state index contributed by atoms with van der Waals surface area (Å²) in [5, 5.41) is 10.6. The summed E-state index contributed by atoms with van der Waals surface area (Å²) in [5.41, 5.74) is 1.40. The molecule has 1 aliphatic rings. The molecule has 1 aromatic heterocycles. The fourth-order valence-electron chi connectivity index (χ4n) is 2.88. The molecule has 0 amide bonds. The molecule has 0 saturated heterocycles. The highest BCUT2D eigenvalue weighted by atomic mass is 16.3. The highest BCUT2D eigenvalue weighted by Gasteiger charge is 2.28. The average molecular weight is 312 g/mol. The number of nitrogens with one attached hydrogen (secondary N) is 1. The van der Waals surface area contributed by atoms with Gasteiger partial charge in [-0.05, 0) is 44.2 Å². The van der Waals surface area contributed by atoms with E-state index in [1.807, 2.05) is 42.2 Å². The van der Waals surface area contributed by atoms with Crippen molar-refractivity contribution in [1.82, 2.24) is 4.98 Å². The molecule has 1 aromatic carbocycles. The summed E-state index contributed by atoms with van der Waals surface area (Å²) in [6.07, 6.45) is 3.39. The predicted molar refractivity (Wildman–Crippen MR) is 89.7 cm³/mol. The molecule has 0 bridgehead atoms. The van der Waals surface area contributed by atoms with Crippen LogP contribution in [0.2, 0.25) is 0 Å². The summed E-state index contributed by atoms with van der Waals surface area (Å²) in [5.74, 6) is 0.311. The number of rotatable bonds is 6. The number of aldehydes is 1. The van der Waals surface area contributed by atoms with Crippen molar-refractivity contribution < 1.29 is 9.90 Å². The SMILES string of the molecule is CCN(c1ccccc1)c1c(CC2CC2)[nH]c(=O)c(C=O)c1O. The Labute approximate surface area is 134 Å². The number of hydrogen-bond acceptors (Lipinski definition) is 4. The number of aromatic hydroxyl groups is 1.